The predicted octanol–water partition coefficient (Wildman–Crippen LogP) is 0.895. The lowest BCUT2D eigenvalue weighted by molar-refractivity contribution is 0.419. The number of rotatable bonds is 5. The summed E-state index contributed by atoms with van der Waals surface area (Å²) < 4.78 is 6.90. The van der Waals surface area contributed by atoms with Crippen LogP contribution in [0.25, 0.3) is 0 Å². The van der Waals surface area contributed by atoms with Crippen LogP contribution in [0.15, 0.2) is 18.7 Å². The summed E-state index contributed by atoms with van der Waals surface area (Å²) in [7, 11) is 1.77. The van der Waals surface area contributed by atoms with Gasteiger partial charge in [-0.2, -0.15) is 4.98 Å². The van der Waals surface area contributed by atoms with Crippen LogP contribution in [0.2, 0.25) is 0 Å². The van der Waals surface area contributed by atoms with E-state index in [1.54, 1.807) is 30.5 Å². The zero-order valence-corrected chi connectivity index (χ0v) is 10.7. The Morgan fingerprint density at radius 2 is 2.11 bits per heavy atom. The van der Waals surface area contributed by atoms with Crippen LogP contribution in [0.4, 0.5) is 0 Å². The third kappa shape index (κ3) is 3.49. The molecule has 0 spiro atoms. The molecule has 0 saturated carbocycles. The van der Waals surface area contributed by atoms with Crippen LogP contribution in [0, 0.1) is 0 Å². The van der Waals surface area contributed by atoms with Gasteiger partial charge in [0, 0.05) is 19.6 Å². The first-order valence-corrected chi connectivity index (χ1v) is 5.71. The van der Waals surface area contributed by atoms with Crippen molar-refractivity contribution in [1.29, 1.82) is 0 Å². The van der Waals surface area contributed by atoms with Crippen LogP contribution < -0.4 is 10.1 Å². The van der Waals surface area contributed by atoms with Crippen molar-refractivity contribution in [2.45, 2.75) is 26.4 Å². The molecule has 1 N–H and O–H groups in total. The fraction of sp³-hybridized carbons (Fsp3) is 0.455. The van der Waals surface area contributed by atoms with Crippen LogP contribution in [-0.4, -0.2) is 30.8 Å². The van der Waals surface area contributed by atoms with Gasteiger partial charge in [-0.25, -0.2) is 4.98 Å². The summed E-state index contributed by atoms with van der Waals surface area (Å²) in [6.07, 6.45) is 4.80. The van der Waals surface area contributed by atoms with E-state index in [2.05, 4.69) is 39.2 Å². The van der Waals surface area contributed by atoms with Crippen molar-refractivity contribution in [1.82, 2.24) is 30.0 Å². The molecular formula is C11H16N6O. The second kappa shape index (κ2) is 5.54. The van der Waals surface area contributed by atoms with Gasteiger partial charge < -0.3 is 10.1 Å². The topological polar surface area (TPSA) is 77.8 Å². The average Bonchev–Trinajstić information content (AvgIpc) is 2.74. The lowest BCUT2D eigenvalue weighted by Gasteiger charge is -2.07. The molecule has 0 radical (unpaired) electrons. The van der Waals surface area contributed by atoms with E-state index in [0.717, 1.165) is 5.69 Å². The summed E-state index contributed by atoms with van der Waals surface area (Å²) in [5.41, 5.74) is 0.866. The number of aromatic nitrogens is 5. The molecule has 7 nitrogen and oxygen atoms in total. The number of aryl methyl sites for hydroxylation is 1. The Morgan fingerprint density at radius 3 is 2.67 bits per heavy atom. The summed E-state index contributed by atoms with van der Waals surface area (Å²) in [6, 6.07) is 0.681. The first kappa shape index (κ1) is 12.4. The van der Waals surface area contributed by atoms with Gasteiger partial charge in [-0.05, 0) is 0 Å². The lowest BCUT2D eigenvalue weighted by Crippen LogP contribution is -2.22. The maximum absolute atomic E-state index is 5.34. The Bertz CT molecular complexity index is 492. The Morgan fingerprint density at radius 1 is 1.28 bits per heavy atom. The molecule has 0 saturated heterocycles. The summed E-state index contributed by atoms with van der Waals surface area (Å²) in [5, 5.41) is 7.25. The van der Waals surface area contributed by atoms with Crippen molar-refractivity contribution < 1.29 is 4.74 Å². The van der Waals surface area contributed by atoms with Crippen molar-refractivity contribution in [3.63, 3.8) is 0 Å². The van der Waals surface area contributed by atoms with Crippen LogP contribution in [0.5, 0.6) is 11.9 Å². The molecule has 0 atom stereocenters. The molecule has 0 aliphatic carbocycles. The monoisotopic (exact) mass is 248 g/mol. The first-order valence-electron chi connectivity index (χ1n) is 5.71. The average molecular weight is 248 g/mol. The van der Waals surface area contributed by atoms with Crippen LogP contribution in [0.1, 0.15) is 19.5 Å². The maximum Gasteiger partial charge on any atom is 0.342 e. The minimum absolute atomic E-state index is 0.264. The smallest absolute Gasteiger partial charge is 0.342 e. The van der Waals surface area contributed by atoms with Crippen molar-refractivity contribution in [2.75, 3.05) is 0 Å². The van der Waals surface area contributed by atoms with E-state index in [-0.39, 0.29) is 6.01 Å². The van der Waals surface area contributed by atoms with Gasteiger partial charge in [0.2, 0.25) is 5.88 Å². The van der Waals surface area contributed by atoms with E-state index in [1.165, 1.54) is 0 Å². The molecule has 2 heterocycles. The third-order valence-corrected chi connectivity index (χ3v) is 2.15. The third-order valence-electron chi connectivity index (χ3n) is 2.15. The number of nitrogens with one attached hydrogen (secondary N) is 1. The summed E-state index contributed by atoms with van der Waals surface area (Å²) in [4.78, 5) is 12.3. The minimum atomic E-state index is 0.264. The minimum Gasteiger partial charge on any atom is -0.402 e. The van der Waals surface area contributed by atoms with E-state index in [9.17, 15) is 0 Å². The largest absolute Gasteiger partial charge is 0.402 e. The molecule has 0 fully saturated rings. The first-order chi connectivity index (χ1) is 8.63. The Balaban J connectivity index is 1.95. The number of ether oxygens (including phenoxy) is 1. The van der Waals surface area contributed by atoms with Crippen molar-refractivity contribution in [2.24, 2.45) is 7.05 Å². The molecule has 7 heteroatoms. The van der Waals surface area contributed by atoms with Crippen LogP contribution in [-0.2, 0) is 13.6 Å². The van der Waals surface area contributed by atoms with Crippen molar-refractivity contribution >= 4 is 0 Å². The molecule has 2 rings (SSSR count). The second-order valence-electron chi connectivity index (χ2n) is 4.18. The zero-order chi connectivity index (χ0) is 13.0. The van der Waals surface area contributed by atoms with E-state index < -0.39 is 0 Å². The van der Waals surface area contributed by atoms with Crippen molar-refractivity contribution in [3.8, 4) is 11.9 Å². The molecular weight excluding hydrogens is 232 g/mol. The standard InChI is InChI=1S/C11H16N6O/c1-8(2)12-4-9-5-14-10(6-13-9)18-11-15-7-17(3)16-11/h5-8,12H,4H2,1-3H3. The highest BCUT2D eigenvalue weighted by Gasteiger charge is 2.04. The maximum atomic E-state index is 5.34. The van der Waals surface area contributed by atoms with Crippen molar-refractivity contribution in [3.05, 3.63) is 24.4 Å². The number of hydrogen-bond acceptors (Lipinski definition) is 6. The molecule has 2 aromatic rings. The highest BCUT2D eigenvalue weighted by Crippen LogP contribution is 2.12. The quantitative estimate of drug-likeness (QED) is 0.847. The molecule has 0 bridgehead atoms. The lowest BCUT2D eigenvalue weighted by atomic mass is 10.3. The second-order valence-corrected chi connectivity index (χ2v) is 4.18. The van der Waals surface area contributed by atoms with Gasteiger partial charge in [-0.15, -0.1) is 5.10 Å². The summed E-state index contributed by atoms with van der Waals surface area (Å²) in [5.74, 6) is 0.384. The number of nitrogens with zero attached hydrogens (tertiary/aromatic N) is 5. The SMILES string of the molecule is CC(C)NCc1cnc(Oc2ncn(C)n2)cn1. The molecule has 0 unspecified atom stereocenters. The molecule has 0 aliphatic rings. The molecule has 2 aromatic heterocycles. The normalized spacial score (nSPS) is 10.9. The molecule has 96 valence electrons. The molecule has 0 aromatic carbocycles. The van der Waals surface area contributed by atoms with Crippen LogP contribution in [0.3, 0.4) is 0 Å². The van der Waals surface area contributed by atoms with E-state index in [1.807, 2.05) is 0 Å². The Kier molecular flexibility index (Phi) is 3.83. The van der Waals surface area contributed by atoms with Crippen LogP contribution >= 0.6 is 0 Å². The van der Waals surface area contributed by atoms with Gasteiger partial charge in [0.05, 0.1) is 18.1 Å². The van der Waals surface area contributed by atoms with Gasteiger partial charge in [-0.3, -0.25) is 9.67 Å². The zero-order valence-electron chi connectivity index (χ0n) is 10.7. The van der Waals surface area contributed by atoms with E-state index in [4.69, 9.17) is 4.74 Å². The van der Waals surface area contributed by atoms with E-state index >= 15 is 0 Å². The number of hydrogen-bond donors (Lipinski definition) is 1. The fourth-order valence-electron chi connectivity index (χ4n) is 1.26. The highest BCUT2D eigenvalue weighted by atomic mass is 16.5. The van der Waals surface area contributed by atoms with Gasteiger partial charge in [0.25, 0.3) is 0 Å². The van der Waals surface area contributed by atoms with Gasteiger partial charge in [-0.1, -0.05) is 13.8 Å². The van der Waals surface area contributed by atoms with E-state index in [0.29, 0.717) is 18.5 Å². The molecule has 18 heavy (non-hydrogen) atoms. The fourth-order valence-corrected chi connectivity index (χ4v) is 1.26. The molecule has 0 amide bonds. The summed E-state index contributed by atoms with van der Waals surface area (Å²) in [6.45, 7) is 4.85. The van der Waals surface area contributed by atoms with Gasteiger partial charge >= 0.3 is 6.01 Å². The Labute approximate surface area is 105 Å². The Hall–Kier alpha value is -2.02. The molecule has 0 aliphatic heterocycles. The van der Waals surface area contributed by atoms with Gasteiger partial charge in [0.15, 0.2) is 0 Å². The highest BCUT2D eigenvalue weighted by molar-refractivity contribution is 5.11. The predicted molar refractivity (Wildman–Crippen MR) is 65.1 cm³/mol. The van der Waals surface area contributed by atoms with Gasteiger partial charge in [0.1, 0.15) is 6.33 Å². The summed E-state index contributed by atoms with van der Waals surface area (Å²) >= 11 is 0.